The summed E-state index contributed by atoms with van der Waals surface area (Å²) in [4.78, 5) is 24.5. The molecule has 0 bridgehead atoms. The first-order valence-electron chi connectivity index (χ1n) is 10.0. The van der Waals surface area contributed by atoms with E-state index in [0.29, 0.717) is 6.54 Å². The third-order valence-electron chi connectivity index (χ3n) is 5.13. The summed E-state index contributed by atoms with van der Waals surface area (Å²) in [5.41, 5.74) is 2.79. The lowest BCUT2D eigenvalue weighted by Gasteiger charge is -2.22. The molecule has 0 N–H and O–H groups in total. The van der Waals surface area contributed by atoms with Crippen molar-refractivity contribution >= 4 is 43.9 Å². The maximum Gasteiger partial charge on any atom is 0.234 e. The molecule has 3 heterocycles. The smallest absolute Gasteiger partial charge is 0.234 e. The summed E-state index contributed by atoms with van der Waals surface area (Å²) in [6, 6.07) is 18.0. The van der Waals surface area contributed by atoms with Crippen molar-refractivity contribution in [1.82, 2.24) is 9.97 Å². The van der Waals surface area contributed by atoms with Crippen molar-refractivity contribution in [2.24, 2.45) is 0 Å². The summed E-state index contributed by atoms with van der Waals surface area (Å²) >= 11 is 3.12. The average molecular weight is 436 g/mol. The minimum absolute atomic E-state index is 0.00877. The van der Waals surface area contributed by atoms with Gasteiger partial charge in [0.25, 0.3) is 0 Å². The number of carbonyl (C=O) groups is 1. The molecule has 0 saturated carbocycles. The number of ether oxygens (including phenoxy) is 1. The lowest BCUT2D eigenvalue weighted by atomic mass is 10.2. The molecule has 1 atom stereocenters. The maximum absolute atomic E-state index is 13.3. The van der Waals surface area contributed by atoms with Crippen LogP contribution < -0.4 is 4.90 Å². The van der Waals surface area contributed by atoms with E-state index in [0.717, 1.165) is 51.1 Å². The zero-order valence-electron chi connectivity index (χ0n) is 16.4. The molecule has 30 heavy (non-hydrogen) atoms. The molecule has 0 radical (unpaired) electrons. The summed E-state index contributed by atoms with van der Waals surface area (Å²) in [7, 11) is 0. The predicted octanol–water partition coefficient (Wildman–Crippen LogP) is 5.17. The summed E-state index contributed by atoms with van der Waals surface area (Å²) < 4.78 is 6.89. The second kappa shape index (κ2) is 8.63. The second-order valence-electron chi connectivity index (χ2n) is 7.29. The van der Waals surface area contributed by atoms with Crippen LogP contribution in [0.15, 0.2) is 60.0 Å². The number of fused-ring (bicyclic) bond motifs is 1. The molecule has 5 nitrogen and oxygen atoms in total. The van der Waals surface area contributed by atoms with Gasteiger partial charge in [0.2, 0.25) is 5.91 Å². The van der Waals surface area contributed by atoms with E-state index in [2.05, 4.69) is 0 Å². The van der Waals surface area contributed by atoms with Gasteiger partial charge in [0.15, 0.2) is 5.13 Å². The number of nitrogens with zero attached hydrogens (tertiary/aromatic N) is 3. The number of thiazole rings is 2. The Bertz CT molecular complexity index is 1120. The van der Waals surface area contributed by atoms with Gasteiger partial charge < -0.3 is 4.74 Å². The lowest BCUT2D eigenvalue weighted by Crippen LogP contribution is -2.38. The van der Waals surface area contributed by atoms with Gasteiger partial charge in [0.1, 0.15) is 5.01 Å². The SMILES string of the molecule is O=C(Cc1csc(-c2ccccc2)n1)N(C[C@H]1CCCO1)c1nc2ccccc2s1. The average Bonchev–Trinajstić information content (AvgIpc) is 3.53. The number of anilines is 1. The lowest BCUT2D eigenvalue weighted by molar-refractivity contribution is -0.118. The van der Waals surface area contributed by atoms with Crippen molar-refractivity contribution in [2.75, 3.05) is 18.1 Å². The van der Waals surface area contributed by atoms with E-state index in [1.54, 1.807) is 27.6 Å². The van der Waals surface area contributed by atoms with E-state index in [1.165, 1.54) is 0 Å². The Balaban J connectivity index is 1.39. The molecule has 152 valence electrons. The maximum atomic E-state index is 13.3. The van der Waals surface area contributed by atoms with E-state index < -0.39 is 0 Å². The van der Waals surface area contributed by atoms with Crippen LogP contribution in [0.25, 0.3) is 20.8 Å². The first kappa shape index (κ1) is 19.4. The molecule has 0 spiro atoms. The second-order valence-corrected chi connectivity index (χ2v) is 9.16. The molecule has 1 amide bonds. The highest BCUT2D eigenvalue weighted by Gasteiger charge is 2.26. The van der Waals surface area contributed by atoms with E-state index in [1.807, 2.05) is 60.0 Å². The van der Waals surface area contributed by atoms with Crippen LogP contribution in [0.2, 0.25) is 0 Å². The van der Waals surface area contributed by atoms with Gasteiger partial charge in [-0.05, 0) is 25.0 Å². The van der Waals surface area contributed by atoms with Gasteiger partial charge in [0, 0.05) is 17.6 Å². The molecule has 2 aromatic carbocycles. The van der Waals surface area contributed by atoms with Gasteiger partial charge in [-0.3, -0.25) is 9.69 Å². The number of benzene rings is 2. The van der Waals surface area contributed by atoms with Crippen LogP contribution in [0.3, 0.4) is 0 Å². The van der Waals surface area contributed by atoms with Gasteiger partial charge >= 0.3 is 0 Å². The van der Waals surface area contributed by atoms with E-state index in [9.17, 15) is 4.79 Å². The third-order valence-corrected chi connectivity index (χ3v) is 7.13. The van der Waals surface area contributed by atoms with Gasteiger partial charge in [-0.1, -0.05) is 53.8 Å². The highest BCUT2D eigenvalue weighted by Crippen LogP contribution is 2.31. The molecule has 1 saturated heterocycles. The molecule has 2 aromatic heterocycles. The van der Waals surface area contributed by atoms with Crippen LogP contribution in [0, 0.1) is 0 Å². The fraction of sp³-hybridized carbons (Fsp3) is 0.261. The third kappa shape index (κ3) is 4.14. The zero-order chi connectivity index (χ0) is 20.3. The first-order valence-corrected chi connectivity index (χ1v) is 11.7. The fourth-order valence-corrected chi connectivity index (χ4v) is 5.42. The van der Waals surface area contributed by atoms with Gasteiger partial charge in [0.05, 0.1) is 35.0 Å². The summed E-state index contributed by atoms with van der Waals surface area (Å²) in [5, 5.41) is 3.64. The number of aromatic nitrogens is 2. The van der Waals surface area contributed by atoms with Crippen LogP contribution in [0.5, 0.6) is 0 Å². The van der Waals surface area contributed by atoms with Crippen molar-refractivity contribution in [3.05, 3.63) is 65.7 Å². The van der Waals surface area contributed by atoms with Crippen molar-refractivity contribution in [3.63, 3.8) is 0 Å². The fourth-order valence-electron chi connectivity index (χ4n) is 3.61. The van der Waals surface area contributed by atoms with Crippen LogP contribution in [0.4, 0.5) is 5.13 Å². The van der Waals surface area contributed by atoms with Crippen LogP contribution in [0.1, 0.15) is 18.5 Å². The molecular formula is C23H21N3O2S2. The summed E-state index contributed by atoms with van der Waals surface area (Å²) in [5.74, 6) is 0.00877. The van der Waals surface area contributed by atoms with E-state index in [4.69, 9.17) is 14.7 Å². The molecule has 4 aromatic rings. The Kier molecular flexibility index (Phi) is 5.57. The van der Waals surface area contributed by atoms with Crippen LogP contribution >= 0.6 is 22.7 Å². The molecule has 0 unspecified atom stereocenters. The Labute approximate surface area is 183 Å². The minimum Gasteiger partial charge on any atom is -0.376 e. The van der Waals surface area contributed by atoms with Gasteiger partial charge in [-0.15, -0.1) is 11.3 Å². The van der Waals surface area contributed by atoms with Crippen LogP contribution in [-0.4, -0.2) is 35.1 Å². The molecule has 0 aliphatic carbocycles. The van der Waals surface area contributed by atoms with Crippen LogP contribution in [-0.2, 0) is 16.0 Å². The van der Waals surface area contributed by atoms with E-state index >= 15 is 0 Å². The number of hydrogen-bond acceptors (Lipinski definition) is 6. The zero-order valence-corrected chi connectivity index (χ0v) is 18.0. The van der Waals surface area contributed by atoms with Crippen molar-refractivity contribution in [2.45, 2.75) is 25.4 Å². The number of rotatable bonds is 6. The Hall–Kier alpha value is -2.61. The Morgan fingerprint density at radius 2 is 1.93 bits per heavy atom. The highest BCUT2D eigenvalue weighted by molar-refractivity contribution is 7.22. The minimum atomic E-state index is 0.00877. The monoisotopic (exact) mass is 435 g/mol. The topological polar surface area (TPSA) is 55.3 Å². The molecule has 1 aliphatic heterocycles. The molecule has 1 fully saturated rings. The number of carbonyl (C=O) groups excluding carboxylic acids is 1. The van der Waals surface area contributed by atoms with Crippen molar-refractivity contribution < 1.29 is 9.53 Å². The molecule has 1 aliphatic rings. The number of hydrogen-bond donors (Lipinski definition) is 0. The highest BCUT2D eigenvalue weighted by atomic mass is 32.1. The quantitative estimate of drug-likeness (QED) is 0.419. The van der Waals surface area contributed by atoms with Crippen molar-refractivity contribution in [3.8, 4) is 10.6 Å². The number of amides is 1. The van der Waals surface area contributed by atoms with E-state index in [-0.39, 0.29) is 18.4 Å². The predicted molar refractivity (Wildman–Crippen MR) is 122 cm³/mol. The number of para-hydroxylation sites is 1. The normalized spacial score (nSPS) is 16.2. The Morgan fingerprint density at radius 1 is 1.10 bits per heavy atom. The molecule has 7 heteroatoms. The summed E-state index contributed by atoms with van der Waals surface area (Å²) in [6.07, 6.45) is 2.34. The first-order chi connectivity index (χ1) is 14.8. The summed E-state index contributed by atoms with van der Waals surface area (Å²) in [6.45, 7) is 1.30. The molecule has 5 rings (SSSR count). The van der Waals surface area contributed by atoms with Gasteiger partial charge in [-0.2, -0.15) is 0 Å². The van der Waals surface area contributed by atoms with Gasteiger partial charge in [-0.25, -0.2) is 9.97 Å². The Morgan fingerprint density at radius 3 is 2.73 bits per heavy atom. The standard InChI is InChI=1S/C23H21N3O2S2/c27-21(13-17-15-29-22(24-17)16-7-2-1-3-8-16)26(14-18-9-6-12-28-18)23-25-19-10-4-5-11-20(19)30-23/h1-5,7-8,10-11,15,18H,6,9,12-14H2/t18-/m1/s1. The van der Waals surface area contributed by atoms with Crippen molar-refractivity contribution in [1.29, 1.82) is 0 Å². The largest absolute Gasteiger partial charge is 0.376 e. The molecular weight excluding hydrogens is 414 g/mol.